The largest absolute Gasteiger partial charge is 0.453 e. The second-order valence-corrected chi connectivity index (χ2v) is 7.09. The Hall–Kier alpha value is -3.72. The number of amides is 2. The van der Waals surface area contributed by atoms with Gasteiger partial charge in [-0.3, -0.25) is 0 Å². The zero-order chi connectivity index (χ0) is 20.9. The number of fused-ring (bicyclic) bond motifs is 1. The lowest BCUT2D eigenvalue weighted by Crippen LogP contribution is -2.24. The van der Waals surface area contributed by atoms with Crippen molar-refractivity contribution in [3.63, 3.8) is 0 Å². The van der Waals surface area contributed by atoms with Crippen LogP contribution in [0.1, 0.15) is 5.56 Å². The molecule has 0 saturated carbocycles. The summed E-state index contributed by atoms with van der Waals surface area (Å²) in [6, 6.07) is 14.4. The predicted molar refractivity (Wildman–Crippen MR) is 116 cm³/mol. The van der Waals surface area contributed by atoms with Crippen LogP contribution < -0.4 is 15.5 Å². The average molecular weight is 468 g/mol. The van der Waals surface area contributed by atoms with Gasteiger partial charge in [-0.05, 0) is 42.0 Å². The SMILES string of the molecule is O=C(N/N=C/c1ccc(Br)cc1)Nc1ccc(Oc2ccnc3[nH]ccc23)c(F)c1. The number of H-pyrrole nitrogens is 1. The van der Waals surface area contributed by atoms with Crippen LogP contribution in [0.25, 0.3) is 11.0 Å². The van der Waals surface area contributed by atoms with Crippen LogP contribution in [0, 0.1) is 5.82 Å². The molecule has 2 amide bonds. The van der Waals surface area contributed by atoms with E-state index in [1.54, 1.807) is 24.5 Å². The summed E-state index contributed by atoms with van der Waals surface area (Å²) >= 11 is 3.34. The molecule has 0 saturated heterocycles. The minimum atomic E-state index is -0.619. The Morgan fingerprint density at radius 1 is 1.13 bits per heavy atom. The highest BCUT2D eigenvalue weighted by Gasteiger charge is 2.10. The van der Waals surface area contributed by atoms with Gasteiger partial charge in [0.25, 0.3) is 0 Å². The number of pyridine rings is 1. The fourth-order valence-corrected chi connectivity index (χ4v) is 2.94. The van der Waals surface area contributed by atoms with Crippen molar-refractivity contribution in [2.45, 2.75) is 0 Å². The van der Waals surface area contributed by atoms with Crippen LogP contribution in [0.5, 0.6) is 11.5 Å². The van der Waals surface area contributed by atoms with E-state index >= 15 is 0 Å². The van der Waals surface area contributed by atoms with Crippen molar-refractivity contribution in [2.24, 2.45) is 5.10 Å². The van der Waals surface area contributed by atoms with E-state index in [4.69, 9.17) is 4.74 Å². The minimum Gasteiger partial charge on any atom is -0.453 e. The molecule has 0 unspecified atom stereocenters. The molecule has 2 aromatic heterocycles. The van der Waals surface area contributed by atoms with Crippen molar-refractivity contribution in [2.75, 3.05) is 5.32 Å². The van der Waals surface area contributed by atoms with Gasteiger partial charge in [0.15, 0.2) is 11.6 Å². The maximum atomic E-state index is 14.5. The zero-order valence-corrected chi connectivity index (χ0v) is 17.0. The van der Waals surface area contributed by atoms with E-state index in [0.29, 0.717) is 11.4 Å². The quantitative estimate of drug-likeness (QED) is 0.270. The molecule has 150 valence electrons. The van der Waals surface area contributed by atoms with Gasteiger partial charge in [-0.1, -0.05) is 28.1 Å². The molecular weight excluding hydrogens is 453 g/mol. The molecule has 4 aromatic rings. The lowest BCUT2D eigenvalue weighted by Gasteiger charge is -2.10. The number of nitrogens with one attached hydrogen (secondary N) is 3. The van der Waals surface area contributed by atoms with Crippen molar-refractivity contribution < 1.29 is 13.9 Å². The van der Waals surface area contributed by atoms with Crippen LogP contribution in [-0.2, 0) is 0 Å². The van der Waals surface area contributed by atoms with Gasteiger partial charge in [0.2, 0.25) is 0 Å². The summed E-state index contributed by atoms with van der Waals surface area (Å²) < 4.78 is 21.1. The number of nitrogens with zero attached hydrogens (tertiary/aromatic N) is 2. The van der Waals surface area contributed by atoms with E-state index in [1.165, 1.54) is 24.4 Å². The third-order valence-electron chi connectivity index (χ3n) is 4.08. The summed E-state index contributed by atoms with van der Waals surface area (Å²) in [5.41, 5.74) is 4.05. The number of rotatable bonds is 5. The number of hydrogen-bond acceptors (Lipinski definition) is 4. The number of carbonyl (C=O) groups is 1. The Morgan fingerprint density at radius 2 is 1.97 bits per heavy atom. The molecule has 0 aliphatic heterocycles. The summed E-state index contributed by atoms with van der Waals surface area (Å²) in [7, 11) is 0. The standard InChI is InChI=1S/C21H15BrFN5O2/c22-14-3-1-13(2-4-14)12-26-28-21(29)27-15-5-6-19(17(23)11-15)30-18-8-10-25-20-16(18)7-9-24-20/h1-12H,(H,24,25)(H2,27,28,29)/b26-12+. The van der Waals surface area contributed by atoms with E-state index in [-0.39, 0.29) is 11.4 Å². The number of hydrazone groups is 1. The molecule has 4 rings (SSSR count). The van der Waals surface area contributed by atoms with Gasteiger partial charge >= 0.3 is 6.03 Å². The molecule has 30 heavy (non-hydrogen) atoms. The van der Waals surface area contributed by atoms with Crippen LogP contribution in [0.4, 0.5) is 14.9 Å². The van der Waals surface area contributed by atoms with Gasteiger partial charge in [0.1, 0.15) is 11.4 Å². The number of benzene rings is 2. The first-order valence-corrected chi connectivity index (χ1v) is 9.63. The normalized spacial score (nSPS) is 11.0. The molecule has 7 nitrogen and oxygen atoms in total. The summed E-state index contributed by atoms with van der Waals surface area (Å²) in [6.45, 7) is 0. The fraction of sp³-hybridized carbons (Fsp3) is 0. The molecule has 0 radical (unpaired) electrons. The third kappa shape index (κ3) is 4.64. The molecule has 0 spiro atoms. The number of halogens is 2. The van der Waals surface area contributed by atoms with Crippen LogP contribution in [0.3, 0.4) is 0 Å². The monoisotopic (exact) mass is 467 g/mol. The van der Waals surface area contributed by atoms with Gasteiger partial charge < -0.3 is 15.0 Å². The number of aromatic nitrogens is 2. The van der Waals surface area contributed by atoms with E-state index in [0.717, 1.165) is 15.4 Å². The zero-order valence-electron chi connectivity index (χ0n) is 15.4. The topological polar surface area (TPSA) is 91.4 Å². The van der Waals surface area contributed by atoms with Crippen molar-refractivity contribution in [3.05, 3.63) is 82.8 Å². The minimum absolute atomic E-state index is 0.0305. The van der Waals surface area contributed by atoms with Crippen molar-refractivity contribution in [3.8, 4) is 11.5 Å². The van der Waals surface area contributed by atoms with E-state index < -0.39 is 11.8 Å². The van der Waals surface area contributed by atoms with Gasteiger partial charge in [0, 0.05) is 28.6 Å². The predicted octanol–water partition coefficient (Wildman–Crippen LogP) is 5.41. The second kappa shape index (κ2) is 8.75. The fourth-order valence-electron chi connectivity index (χ4n) is 2.68. The van der Waals surface area contributed by atoms with Gasteiger partial charge in [-0.25, -0.2) is 19.6 Å². The molecule has 2 aromatic carbocycles. The first kappa shape index (κ1) is 19.6. The Kier molecular flexibility index (Phi) is 5.71. The van der Waals surface area contributed by atoms with E-state index in [9.17, 15) is 9.18 Å². The Morgan fingerprint density at radius 3 is 2.77 bits per heavy atom. The molecule has 0 aliphatic carbocycles. The second-order valence-electron chi connectivity index (χ2n) is 6.17. The Bertz CT molecular complexity index is 1220. The molecular formula is C21H15BrFN5O2. The van der Waals surface area contributed by atoms with Crippen LogP contribution in [0.15, 0.2) is 76.6 Å². The van der Waals surface area contributed by atoms with Crippen molar-refractivity contribution in [1.29, 1.82) is 0 Å². The number of anilines is 1. The summed E-state index contributed by atoms with van der Waals surface area (Å²) in [5.74, 6) is -0.115. The number of urea groups is 1. The molecule has 3 N–H and O–H groups in total. The first-order chi connectivity index (χ1) is 14.6. The van der Waals surface area contributed by atoms with E-state index in [1.807, 2.05) is 24.3 Å². The molecule has 0 aliphatic rings. The maximum Gasteiger partial charge on any atom is 0.339 e. The van der Waals surface area contributed by atoms with Gasteiger partial charge in [-0.2, -0.15) is 5.10 Å². The van der Waals surface area contributed by atoms with Crippen molar-refractivity contribution in [1.82, 2.24) is 15.4 Å². The van der Waals surface area contributed by atoms with Gasteiger partial charge in [0.05, 0.1) is 11.6 Å². The number of ether oxygens (including phenoxy) is 1. The van der Waals surface area contributed by atoms with Crippen LogP contribution in [0.2, 0.25) is 0 Å². The molecule has 2 heterocycles. The Balaban J connectivity index is 1.38. The van der Waals surface area contributed by atoms with Crippen molar-refractivity contribution >= 4 is 44.9 Å². The maximum absolute atomic E-state index is 14.5. The molecule has 0 atom stereocenters. The smallest absolute Gasteiger partial charge is 0.339 e. The number of hydrogen-bond donors (Lipinski definition) is 3. The molecule has 9 heteroatoms. The highest BCUT2D eigenvalue weighted by molar-refractivity contribution is 9.10. The average Bonchev–Trinajstić information content (AvgIpc) is 3.21. The lowest BCUT2D eigenvalue weighted by atomic mass is 10.2. The summed E-state index contributed by atoms with van der Waals surface area (Å²) in [4.78, 5) is 19.1. The Labute approximate surface area is 179 Å². The highest BCUT2D eigenvalue weighted by Crippen LogP contribution is 2.31. The number of carbonyl (C=O) groups excluding carboxylic acids is 1. The highest BCUT2D eigenvalue weighted by atomic mass is 79.9. The first-order valence-electron chi connectivity index (χ1n) is 8.83. The molecule has 0 bridgehead atoms. The van der Waals surface area contributed by atoms with Gasteiger partial charge in [-0.15, -0.1) is 0 Å². The number of aromatic amines is 1. The van der Waals surface area contributed by atoms with Crippen LogP contribution >= 0.6 is 15.9 Å². The lowest BCUT2D eigenvalue weighted by molar-refractivity contribution is 0.252. The molecule has 0 fully saturated rings. The summed E-state index contributed by atoms with van der Waals surface area (Å²) in [6.07, 6.45) is 4.80. The van der Waals surface area contributed by atoms with E-state index in [2.05, 4.69) is 41.7 Å². The summed E-state index contributed by atoms with van der Waals surface area (Å²) in [5, 5.41) is 7.11. The van der Waals surface area contributed by atoms with Crippen LogP contribution in [-0.4, -0.2) is 22.2 Å². The third-order valence-corrected chi connectivity index (χ3v) is 4.61.